The third-order valence-corrected chi connectivity index (χ3v) is 2.25. The highest BCUT2D eigenvalue weighted by atomic mass is 19.1. The van der Waals surface area contributed by atoms with E-state index >= 15 is 0 Å². The maximum absolute atomic E-state index is 12.6. The number of benzene rings is 1. The molecule has 5 nitrogen and oxygen atoms in total. The minimum atomic E-state index is -0.703. The Morgan fingerprint density at radius 1 is 1.06 bits per heavy atom. The number of rotatable bonds is 3. The fourth-order valence-corrected chi connectivity index (χ4v) is 1.39. The lowest BCUT2D eigenvalue weighted by molar-refractivity contribution is -0.135. The number of amides is 2. The van der Waals surface area contributed by atoms with Crippen molar-refractivity contribution < 1.29 is 14.0 Å². The van der Waals surface area contributed by atoms with E-state index in [4.69, 9.17) is 0 Å². The zero-order chi connectivity index (χ0) is 12.3. The van der Waals surface area contributed by atoms with Crippen LogP contribution in [0.5, 0.6) is 0 Å². The summed E-state index contributed by atoms with van der Waals surface area (Å²) < 4.78 is 12.6. The summed E-state index contributed by atoms with van der Waals surface area (Å²) in [6.07, 6.45) is 0.607. The van der Waals surface area contributed by atoms with Gasteiger partial charge in [0.15, 0.2) is 0 Å². The van der Waals surface area contributed by atoms with Crippen LogP contribution in [0.4, 0.5) is 4.39 Å². The van der Waals surface area contributed by atoms with Gasteiger partial charge in [-0.25, -0.2) is 4.39 Å². The third-order valence-electron chi connectivity index (χ3n) is 2.25. The molecule has 0 radical (unpaired) electrons. The summed E-state index contributed by atoms with van der Waals surface area (Å²) in [4.78, 5) is 25.6. The molecule has 0 spiro atoms. The first-order valence-electron chi connectivity index (χ1n) is 5.06. The average Bonchev–Trinajstić information content (AvgIpc) is 2.61. The van der Waals surface area contributed by atoms with Gasteiger partial charge in [0.25, 0.3) is 0 Å². The molecule has 2 N–H and O–H groups in total. The number of halogens is 1. The van der Waals surface area contributed by atoms with Crippen molar-refractivity contribution in [2.75, 3.05) is 6.54 Å². The molecule has 1 saturated heterocycles. The molecule has 17 heavy (non-hydrogen) atoms. The first-order valence-corrected chi connectivity index (χ1v) is 5.06. The van der Waals surface area contributed by atoms with Gasteiger partial charge in [-0.15, -0.1) is 0 Å². The summed E-state index contributed by atoms with van der Waals surface area (Å²) in [5.41, 5.74) is 0.936. The summed E-state index contributed by atoms with van der Waals surface area (Å²) in [6.45, 7) is 0.404. The van der Waals surface area contributed by atoms with E-state index in [9.17, 15) is 14.0 Å². The maximum Gasteiger partial charge on any atom is 0.316 e. The number of carbonyl (C=O) groups excluding carboxylic acids is 2. The first-order chi connectivity index (χ1) is 8.15. The SMILES string of the molecule is O=C1NC(=NCCc2ccc(F)cc2)NC1=O. The Balaban J connectivity index is 1.87. The Morgan fingerprint density at radius 2 is 1.65 bits per heavy atom. The van der Waals surface area contributed by atoms with Gasteiger partial charge >= 0.3 is 11.8 Å². The van der Waals surface area contributed by atoms with Crippen molar-refractivity contribution in [1.82, 2.24) is 10.6 Å². The van der Waals surface area contributed by atoms with Crippen LogP contribution >= 0.6 is 0 Å². The van der Waals surface area contributed by atoms with Gasteiger partial charge in [-0.3, -0.25) is 25.2 Å². The predicted molar refractivity (Wildman–Crippen MR) is 58.7 cm³/mol. The van der Waals surface area contributed by atoms with Gasteiger partial charge in [0, 0.05) is 6.54 Å². The molecular formula is C11H10FN3O2. The van der Waals surface area contributed by atoms with Crippen LogP contribution in [0.2, 0.25) is 0 Å². The van der Waals surface area contributed by atoms with Crippen LogP contribution in [0.1, 0.15) is 5.56 Å². The van der Waals surface area contributed by atoms with E-state index in [1.165, 1.54) is 12.1 Å². The van der Waals surface area contributed by atoms with Crippen molar-refractivity contribution in [1.29, 1.82) is 0 Å². The Bertz CT molecular complexity index is 464. The fourth-order valence-electron chi connectivity index (χ4n) is 1.39. The minimum absolute atomic E-state index is 0.169. The van der Waals surface area contributed by atoms with Gasteiger partial charge < -0.3 is 0 Å². The number of hydrogen-bond acceptors (Lipinski definition) is 3. The third kappa shape index (κ3) is 2.87. The van der Waals surface area contributed by atoms with Gasteiger partial charge in [-0.2, -0.15) is 0 Å². The molecular weight excluding hydrogens is 225 g/mol. The van der Waals surface area contributed by atoms with E-state index in [1.807, 2.05) is 0 Å². The molecule has 2 rings (SSSR count). The topological polar surface area (TPSA) is 70.6 Å². The van der Waals surface area contributed by atoms with Crippen molar-refractivity contribution in [2.45, 2.75) is 6.42 Å². The van der Waals surface area contributed by atoms with Crippen LogP contribution in [-0.2, 0) is 16.0 Å². The van der Waals surface area contributed by atoms with E-state index in [2.05, 4.69) is 15.6 Å². The molecule has 2 amide bonds. The fraction of sp³-hybridized carbons (Fsp3) is 0.182. The Hall–Kier alpha value is -2.24. The highest BCUT2D eigenvalue weighted by Crippen LogP contribution is 2.03. The molecule has 0 aliphatic carbocycles. The lowest BCUT2D eigenvalue weighted by atomic mass is 10.1. The normalized spacial score (nSPS) is 14.5. The number of nitrogens with zero attached hydrogens (tertiary/aromatic N) is 1. The summed E-state index contributed by atoms with van der Waals surface area (Å²) in [6, 6.07) is 6.09. The molecule has 0 aromatic heterocycles. The zero-order valence-electron chi connectivity index (χ0n) is 8.87. The number of hydrogen-bond donors (Lipinski definition) is 2. The Morgan fingerprint density at radius 3 is 2.24 bits per heavy atom. The Kier molecular flexibility index (Phi) is 3.13. The van der Waals surface area contributed by atoms with Crippen molar-refractivity contribution in [2.24, 2.45) is 4.99 Å². The lowest BCUT2D eigenvalue weighted by Gasteiger charge is -1.99. The predicted octanol–water partition coefficient (Wildman–Crippen LogP) is -0.0298. The van der Waals surface area contributed by atoms with E-state index in [-0.39, 0.29) is 11.8 Å². The molecule has 0 unspecified atom stereocenters. The van der Waals surface area contributed by atoms with Gasteiger partial charge in [0.05, 0.1) is 0 Å². The van der Waals surface area contributed by atoms with E-state index < -0.39 is 11.8 Å². The second kappa shape index (κ2) is 4.73. The van der Waals surface area contributed by atoms with E-state index in [1.54, 1.807) is 12.1 Å². The van der Waals surface area contributed by atoms with Crippen LogP contribution in [0.15, 0.2) is 29.3 Å². The molecule has 6 heteroatoms. The molecule has 1 aliphatic heterocycles. The smallest absolute Gasteiger partial charge is 0.288 e. The van der Waals surface area contributed by atoms with Gasteiger partial charge in [0.2, 0.25) is 5.96 Å². The molecule has 1 fully saturated rings. The van der Waals surface area contributed by atoms with E-state index in [0.717, 1.165) is 5.56 Å². The number of nitrogens with one attached hydrogen (secondary N) is 2. The standard InChI is InChI=1S/C11H10FN3O2/c12-8-3-1-7(2-4-8)5-6-13-11-14-9(16)10(17)15-11/h1-4H,5-6H2,(H2,13,14,15,16,17). The molecule has 1 aliphatic rings. The molecule has 1 heterocycles. The molecule has 0 bridgehead atoms. The number of guanidine groups is 1. The first kappa shape index (κ1) is 11.3. The minimum Gasteiger partial charge on any atom is -0.288 e. The zero-order valence-corrected chi connectivity index (χ0v) is 8.87. The lowest BCUT2D eigenvalue weighted by Crippen LogP contribution is -2.26. The quantitative estimate of drug-likeness (QED) is 0.722. The second-order valence-corrected chi connectivity index (χ2v) is 3.52. The van der Waals surface area contributed by atoms with Crippen LogP contribution in [0.3, 0.4) is 0 Å². The van der Waals surface area contributed by atoms with E-state index in [0.29, 0.717) is 13.0 Å². The summed E-state index contributed by atoms with van der Waals surface area (Å²) in [5.74, 6) is -1.52. The molecule has 0 atom stereocenters. The number of carbonyl (C=O) groups is 2. The van der Waals surface area contributed by atoms with Gasteiger partial charge in [-0.05, 0) is 24.1 Å². The highest BCUT2D eigenvalue weighted by molar-refractivity contribution is 6.45. The largest absolute Gasteiger partial charge is 0.316 e. The molecule has 0 saturated carbocycles. The van der Waals surface area contributed by atoms with Crippen LogP contribution < -0.4 is 10.6 Å². The van der Waals surface area contributed by atoms with Crippen LogP contribution in [0.25, 0.3) is 0 Å². The Labute approximate surface area is 96.7 Å². The number of aliphatic imine (C=N–C) groups is 1. The van der Waals surface area contributed by atoms with Crippen molar-refractivity contribution in [3.8, 4) is 0 Å². The average molecular weight is 235 g/mol. The summed E-state index contributed by atoms with van der Waals surface area (Å²) in [7, 11) is 0. The van der Waals surface area contributed by atoms with Crippen molar-refractivity contribution >= 4 is 17.8 Å². The van der Waals surface area contributed by atoms with Crippen LogP contribution in [0, 0.1) is 5.82 Å². The van der Waals surface area contributed by atoms with Crippen molar-refractivity contribution in [3.63, 3.8) is 0 Å². The monoisotopic (exact) mass is 235 g/mol. The van der Waals surface area contributed by atoms with Crippen molar-refractivity contribution in [3.05, 3.63) is 35.6 Å². The second-order valence-electron chi connectivity index (χ2n) is 3.52. The molecule has 88 valence electrons. The van der Waals surface area contributed by atoms with Gasteiger partial charge in [0.1, 0.15) is 5.82 Å². The van der Waals surface area contributed by atoms with Gasteiger partial charge in [-0.1, -0.05) is 12.1 Å². The summed E-state index contributed by atoms with van der Waals surface area (Å²) in [5, 5.41) is 4.58. The highest BCUT2D eigenvalue weighted by Gasteiger charge is 2.24. The maximum atomic E-state index is 12.6. The summed E-state index contributed by atoms with van der Waals surface area (Å²) >= 11 is 0. The molecule has 1 aromatic rings. The molecule has 1 aromatic carbocycles. The van der Waals surface area contributed by atoms with Crippen LogP contribution in [-0.4, -0.2) is 24.3 Å².